The van der Waals surface area contributed by atoms with Crippen LogP contribution in [-0.4, -0.2) is 26.4 Å². The van der Waals surface area contributed by atoms with Crippen LogP contribution in [0.4, 0.5) is 13.2 Å². The summed E-state index contributed by atoms with van der Waals surface area (Å²) in [5, 5.41) is -0.113. The number of halogens is 4. The molecule has 0 fully saturated rings. The first-order valence-corrected chi connectivity index (χ1v) is 6.46. The third-order valence-corrected chi connectivity index (χ3v) is 2.80. The van der Waals surface area contributed by atoms with Crippen LogP contribution < -0.4 is 0 Å². The van der Waals surface area contributed by atoms with Gasteiger partial charge in [0.05, 0.1) is 10.6 Å². The van der Waals surface area contributed by atoms with E-state index < -0.39 is 11.7 Å². The Kier molecular flexibility index (Phi) is 4.32. The molecule has 8 heteroatoms. The van der Waals surface area contributed by atoms with Gasteiger partial charge >= 0.3 is 6.18 Å². The molecule has 0 saturated carbocycles. The van der Waals surface area contributed by atoms with E-state index in [9.17, 15) is 13.2 Å². The van der Waals surface area contributed by atoms with Gasteiger partial charge in [0.25, 0.3) is 0 Å². The molecule has 2 aromatic rings. The predicted octanol–water partition coefficient (Wildman–Crippen LogP) is 3.65. The van der Waals surface area contributed by atoms with Crippen LogP contribution in [0.25, 0.3) is 0 Å². The number of hydrogen-bond donors (Lipinski definition) is 0. The first-order valence-electron chi connectivity index (χ1n) is 6.08. The summed E-state index contributed by atoms with van der Waals surface area (Å²) in [4.78, 5) is 12.1. The zero-order valence-corrected chi connectivity index (χ0v) is 12.0. The average Bonchev–Trinajstić information content (AvgIpc) is 2.88. The molecule has 2 heterocycles. The van der Waals surface area contributed by atoms with Crippen molar-refractivity contribution in [2.45, 2.75) is 26.1 Å². The third kappa shape index (κ3) is 3.60. The Balaban J connectivity index is 2.52. The monoisotopic (exact) mass is 316 g/mol. The first-order chi connectivity index (χ1) is 9.79. The molecule has 2 rings (SSSR count). The molecule has 2 aromatic heterocycles. The predicted molar refractivity (Wildman–Crippen MR) is 73.5 cm³/mol. The molecule has 0 amide bonds. The Hall–Kier alpha value is -1.89. The summed E-state index contributed by atoms with van der Waals surface area (Å²) >= 11 is 5.95. The fourth-order valence-corrected chi connectivity index (χ4v) is 1.89. The van der Waals surface area contributed by atoms with Gasteiger partial charge in [-0.15, -0.1) is 0 Å². The van der Waals surface area contributed by atoms with Crippen molar-refractivity contribution in [3.8, 4) is 0 Å². The molecule has 0 aliphatic carbocycles. The minimum absolute atomic E-state index is 0.0810. The van der Waals surface area contributed by atoms with Gasteiger partial charge in [-0.1, -0.05) is 11.6 Å². The smallest absolute Gasteiger partial charge is 0.289 e. The summed E-state index contributed by atoms with van der Waals surface area (Å²) in [5.74, 6) is 0.348. The fraction of sp³-hybridized carbons (Fsp3) is 0.308. The van der Waals surface area contributed by atoms with Gasteiger partial charge in [-0.3, -0.25) is 14.5 Å². The highest BCUT2D eigenvalue weighted by Gasteiger charge is 2.32. The molecule has 0 unspecified atom stereocenters. The molecular formula is C13H12ClF3N4. The minimum Gasteiger partial charge on any atom is -0.289 e. The molecule has 112 valence electrons. The molecule has 0 spiro atoms. The van der Waals surface area contributed by atoms with E-state index in [2.05, 4.69) is 15.0 Å². The topological polar surface area (TPSA) is 43.1 Å². The van der Waals surface area contributed by atoms with Crippen LogP contribution in [0.5, 0.6) is 0 Å². The lowest BCUT2D eigenvalue weighted by Crippen LogP contribution is -2.17. The quantitative estimate of drug-likeness (QED) is 0.627. The van der Waals surface area contributed by atoms with Gasteiger partial charge in [-0.25, -0.2) is 4.98 Å². The standard InChI is InChI=1S/C13H12ClF3N4/c1-8(2)20-12(21-4-3-18-7-21)11-10(14)5-9(6-19-11)13(15,16)17/h3-8H,1-2H3/b20-12+. The molecular weight excluding hydrogens is 305 g/mol. The number of aromatic nitrogens is 3. The van der Waals surface area contributed by atoms with Gasteiger partial charge in [-0.05, 0) is 19.9 Å². The summed E-state index contributed by atoms with van der Waals surface area (Å²) < 4.78 is 39.5. The second kappa shape index (κ2) is 5.85. The number of pyridine rings is 1. The van der Waals surface area contributed by atoms with E-state index in [0.29, 0.717) is 5.84 Å². The van der Waals surface area contributed by atoms with Gasteiger partial charge in [-0.2, -0.15) is 13.2 Å². The van der Waals surface area contributed by atoms with E-state index in [0.717, 1.165) is 12.3 Å². The lowest BCUT2D eigenvalue weighted by molar-refractivity contribution is -0.137. The van der Waals surface area contributed by atoms with Crippen LogP contribution >= 0.6 is 11.6 Å². The second-order valence-corrected chi connectivity index (χ2v) is 4.98. The van der Waals surface area contributed by atoms with Crippen molar-refractivity contribution in [1.82, 2.24) is 14.5 Å². The molecule has 0 bridgehead atoms. The average molecular weight is 317 g/mol. The van der Waals surface area contributed by atoms with Crippen molar-refractivity contribution >= 4 is 17.4 Å². The van der Waals surface area contributed by atoms with E-state index in [4.69, 9.17) is 11.6 Å². The van der Waals surface area contributed by atoms with Crippen molar-refractivity contribution in [3.63, 3.8) is 0 Å². The van der Waals surface area contributed by atoms with Crippen LogP contribution in [-0.2, 0) is 6.18 Å². The lowest BCUT2D eigenvalue weighted by atomic mass is 10.2. The summed E-state index contributed by atoms with van der Waals surface area (Å²) in [6, 6.07) is 0.763. The number of aliphatic imine (C=N–C) groups is 1. The zero-order valence-electron chi connectivity index (χ0n) is 11.3. The van der Waals surface area contributed by atoms with Crippen molar-refractivity contribution in [2.24, 2.45) is 4.99 Å². The minimum atomic E-state index is -4.49. The van der Waals surface area contributed by atoms with Gasteiger partial charge in [0.15, 0.2) is 5.84 Å². The number of imidazole rings is 1. The molecule has 0 atom stereocenters. The van der Waals surface area contributed by atoms with E-state index in [1.807, 2.05) is 13.8 Å². The fourth-order valence-electron chi connectivity index (χ4n) is 1.64. The molecule has 21 heavy (non-hydrogen) atoms. The highest BCUT2D eigenvalue weighted by atomic mass is 35.5. The van der Waals surface area contributed by atoms with Crippen molar-refractivity contribution in [1.29, 1.82) is 0 Å². The molecule has 0 aromatic carbocycles. The SMILES string of the molecule is CC(C)/N=C(\c1ncc(C(F)(F)F)cc1Cl)n1ccnc1. The van der Waals surface area contributed by atoms with Crippen LogP contribution in [0.15, 0.2) is 36.0 Å². The lowest BCUT2D eigenvalue weighted by Gasteiger charge is -2.12. The molecule has 0 aliphatic rings. The Morgan fingerprint density at radius 2 is 2.10 bits per heavy atom. The Bertz CT molecular complexity index is 648. The molecule has 4 nitrogen and oxygen atoms in total. The Morgan fingerprint density at radius 3 is 2.57 bits per heavy atom. The van der Waals surface area contributed by atoms with Crippen molar-refractivity contribution in [2.75, 3.05) is 0 Å². The highest BCUT2D eigenvalue weighted by Crippen LogP contribution is 2.31. The second-order valence-electron chi connectivity index (χ2n) is 4.57. The van der Waals surface area contributed by atoms with Crippen LogP contribution in [0.3, 0.4) is 0 Å². The highest BCUT2D eigenvalue weighted by molar-refractivity contribution is 6.33. The third-order valence-electron chi connectivity index (χ3n) is 2.51. The molecule has 0 aliphatic heterocycles. The van der Waals surface area contributed by atoms with E-state index >= 15 is 0 Å². The maximum Gasteiger partial charge on any atom is 0.417 e. The van der Waals surface area contributed by atoms with Crippen LogP contribution in [0.1, 0.15) is 25.1 Å². The zero-order chi connectivity index (χ0) is 15.6. The van der Waals surface area contributed by atoms with E-state index in [-0.39, 0.29) is 16.8 Å². The van der Waals surface area contributed by atoms with Crippen LogP contribution in [0, 0.1) is 0 Å². The maximum absolute atomic E-state index is 12.6. The first kappa shape index (κ1) is 15.5. The van der Waals surface area contributed by atoms with Gasteiger partial charge in [0.1, 0.15) is 12.0 Å². The molecule has 0 saturated heterocycles. The van der Waals surface area contributed by atoms with Gasteiger partial charge < -0.3 is 0 Å². The largest absolute Gasteiger partial charge is 0.417 e. The normalized spacial score (nSPS) is 13.0. The van der Waals surface area contributed by atoms with Gasteiger partial charge in [0, 0.05) is 24.6 Å². The Morgan fingerprint density at radius 1 is 1.38 bits per heavy atom. The summed E-state index contributed by atoms with van der Waals surface area (Å²) in [5.41, 5.74) is -0.720. The van der Waals surface area contributed by atoms with E-state index in [1.165, 1.54) is 12.5 Å². The number of nitrogens with zero attached hydrogens (tertiary/aromatic N) is 4. The van der Waals surface area contributed by atoms with Crippen molar-refractivity contribution in [3.05, 3.63) is 47.3 Å². The number of alkyl halides is 3. The number of rotatable bonds is 2. The summed E-state index contributed by atoms with van der Waals surface area (Å²) in [6.07, 6.45) is 0.898. The molecule has 0 radical (unpaired) electrons. The van der Waals surface area contributed by atoms with Crippen molar-refractivity contribution < 1.29 is 13.2 Å². The number of hydrogen-bond acceptors (Lipinski definition) is 3. The molecule has 0 N–H and O–H groups in total. The van der Waals surface area contributed by atoms with Crippen LogP contribution in [0.2, 0.25) is 5.02 Å². The maximum atomic E-state index is 12.6. The Labute approximate surface area is 124 Å². The van der Waals surface area contributed by atoms with Gasteiger partial charge in [0.2, 0.25) is 0 Å². The summed E-state index contributed by atoms with van der Waals surface area (Å²) in [7, 11) is 0. The van der Waals surface area contributed by atoms with E-state index in [1.54, 1.807) is 10.8 Å². The summed E-state index contributed by atoms with van der Waals surface area (Å²) in [6.45, 7) is 3.68.